The number of carbonyl (C=O) groups is 2. The Morgan fingerprint density at radius 3 is 2.23 bits per heavy atom. The Balaban J connectivity index is 2.15. The van der Waals surface area contributed by atoms with E-state index >= 15 is 0 Å². The summed E-state index contributed by atoms with van der Waals surface area (Å²) >= 11 is 0. The van der Waals surface area contributed by atoms with E-state index in [1.54, 1.807) is 0 Å². The summed E-state index contributed by atoms with van der Waals surface area (Å²) in [5.74, 6) is -0.122. The van der Waals surface area contributed by atoms with Crippen molar-refractivity contribution in [3.63, 3.8) is 0 Å². The Morgan fingerprint density at radius 1 is 1.38 bits per heavy atom. The highest BCUT2D eigenvalue weighted by Crippen LogP contribution is 2.34. The normalized spacial score (nSPS) is 35.4. The van der Waals surface area contributed by atoms with E-state index in [-0.39, 0.29) is 23.5 Å². The first-order valence-electron chi connectivity index (χ1n) is 4.53. The maximum absolute atomic E-state index is 11.4. The average molecular weight is 183 g/mol. The van der Waals surface area contributed by atoms with Crippen LogP contribution in [0.15, 0.2) is 0 Å². The van der Waals surface area contributed by atoms with Gasteiger partial charge in [0.1, 0.15) is 5.60 Å². The second-order valence-electron chi connectivity index (χ2n) is 3.93. The summed E-state index contributed by atoms with van der Waals surface area (Å²) in [5, 5.41) is 0. The standard InChI is InChI=1S/C9H13NO3/c1-6(9(2)5-13-9)10-7(11)3-4-8(10)12/h6H,3-5H2,1-2H3. The molecule has 0 N–H and O–H groups in total. The van der Waals surface area contributed by atoms with Gasteiger partial charge in [-0.2, -0.15) is 0 Å². The summed E-state index contributed by atoms with van der Waals surface area (Å²) in [5.41, 5.74) is -0.282. The molecule has 4 heteroatoms. The SMILES string of the molecule is CC(N1C(=O)CCC1=O)C1(C)CO1. The molecule has 0 radical (unpaired) electrons. The Labute approximate surface area is 76.8 Å². The molecule has 2 unspecified atom stereocenters. The monoisotopic (exact) mass is 183 g/mol. The fourth-order valence-electron chi connectivity index (χ4n) is 1.65. The number of ether oxygens (including phenoxy) is 1. The van der Waals surface area contributed by atoms with E-state index in [2.05, 4.69) is 0 Å². The van der Waals surface area contributed by atoms with Crippen molar-refractivity contribution in [3.8, 4) is 0 Å². The lowest BCUT2D eigenvalue weighted by Gasteiger charge is -2.25. The number of hydrogen-bond donors (Lipinski definition) is 0. The number of hydrogen-bond acceptors (Lipinski definition) is 3. The molecule has 72 valence electrons. The van der Waals surface area contributed by atoms with Crippen LogP contribution in [0.3, 0.4) is 0 Å². The molecule has 0 aromatic carbocycles. The summed E-state index contributed by atoms with van der Waals surface area (Å²) in [7, 11) is 0. The predicted molar refractivity (Wildman–Crippen MR) is 44.9 cm³/mol. The smallest absolute Gasteiger partial charge is 0.230 e. The Kier molecular flexibility index (Phi) is 1.70. The average Bonchev–Trinajstić information content (AvgIpc) is 2.73. The maximum Gasteiger partial charge on any atom is 0.230 e. The van der Waals surface area contributed by atoms with E-state index in [9.17, 15) is 9.59 Å². The first-order valence-corrected chi connectivity index (χ1v) is 4.53. The van der Waals surface area contributed by atoms with Gasteiger partial charge in [-0.3, -0.25) is 14.5 Å². The van der Waals surface area contributed by atoms with Gasteiger partial charge in [-0.25, -0.2) is 0 Å². The zero-order valence-corrected chi connectivity index (χ0v) is 7.87. The number of carbonyl (C=O) groups excluding carboxylic acids is 2. The van der Waals surface area contributed by atoms with Crippen molar-refractivity contribution in [2.75, 3.05) is 6.61 Å². The third kappa shape index (κ3) is 1.25. The molecular weight excluding hydrogens is 170 g/mol. The van der Waals surface area contributed by atoms with Gasteiger partial charge < -0.3 is 4.74 Å². The van der Waals surface area contributed by atoms with Crippen LogP contribution in [0.4, 0.5) is 0 Å². The molecule has 2 atom stereocenters. The first kappa shape index (κ1) is 8.69. The molecule has 2 aliphatic heterocycles. The molecule has 4 nitrogen and oxygen atoms in total. The predicted octanol–water partition coefficient (Wildman–Crippen LogP) is 0.313. The number of likely N-dealkylation sites (tertiary alicyclic amines) is 1. The van der Waals surface area contributed by atoms with Crippen molar-refractivity contribution in [3.05, 3.63) is 0 Å². The fourth-order valence-corrected chi connectivity index (χ4v) is 1.65. The van der Waals surface area contributed by atoms with Crippen LogP contribution in [0.2, 0.25) is 0 Å². The molecule has 2 rings (SSSR count). The van der Waals surface area contributed by atoms with Crippen molar-refractivity contribution in [1.82, 2.24) is 4.90 Å². The van der Waals surface area contributed by atoms with E-state index in [0.717, 1.165) is 0 Å². The van der Waals surface area contributed by atoms with Crippen LogP contribution in [-0.2, 0) is 14.3 Å². The van der Waals surface area contributed by atoms with E-state index in [1.807, 2.05) is 13.8 Å². The third-order valence-electron chi connectivity index (χ3n) is 2.96. The third-order valence-corrected chi connectivity index (χ3v) is 2.96. The van der Waals surface area contributed by atoms with E-state index in [4.69, 9.17) is 4.74 Å². The number of rotatable bonds is 2. The number of epoxide rings is 1. The van der Waals surface area contributed by atoms with Crippen LogP contribution in [0.1, 0.15) is 26.7 Å². The summed E-state index contributed by atoms with van der Waals surface area (Å²) in [6.45, 7) is 4.44. The lowest BCUT2D eigenvalue weighted by atomic mass is 10.0. The molecule has 2 aliphatic rings. The maximum atomic E-state index is 11.4. The highest BCUT2D eigenvalue weighted by molar-refractivity contribution is 6.02. The summed E-state index contributed by atoms with van der Waals surface area (Å²) in [6.07, 6.45) is 0.721. The second-order valence-corrected chi connectivity index (χ2v) is 3.93. The zero-order valence-electron chi connectivity index (χ0n) is 7.87. The van der Waals surface area contributed by atoms with E-state index < -0.39 is 0 Å². The lowest BCUT2D eigenvalue weighted by Crippen LogP contribution is -2.45. The topological polar surface area (TPSA) is 49.9 Å². The van der Waals surface area contributed by atoms with Crippen LogP contribution >= 0.6 is 0 Å². The Bertz CT molecular complexity index is 254. The van der Waals surface area contributed by atoms with E-state index in [0.29, 0.717) is 19.4 Å². The Morgan fingerprint density at radius 2 is 1.85 bits per heavy atom. The molecule has 2 amide bonds. The molecule has 0 spiro atoms. The van der Waals surface area contributed by atoms with Crippen molar-refractivity contribution >= 4 is 11.8 Å². The zero-order chi connectivity index (χ0) is 9.64. The fraction of sp³-hybridized carbons (Fsp3) is 0.778. The molecule has 13 heavy (non-hydrogen) atoms. The molecule has 0 bridgehead atoms. The van der Waals surface area contributed by atoms with Gasteiger partial charge in [0.05, 0.1) is 12.6 Å². The molecule has 0 saturated carbocycles. The first-order chi connectivity index (χ1) is 6.04. The van der Waals surface area contributed by atoms with Crippen LogP contribution in [0, 0.1) is 0 Å². The molecule has 0 aliphatic carbocycles. The number of amides is 2. The summed E-state index contributed by atoms with van der Waals surface area (Å²) in [6, 6.07) is -0.116. The lowest BCUT2D eigenvalue weighted by molar-refractivity contribution is -0.142. The largest absolute Gasteiger partial charge is 0.368 e. The number of nitrogens with zero attached hydrogens (tertiary/aromatic N) is 1. The van der Waals surface area contributed by atoms with Gasteiger partial charge in [0.15, 0.2) is 0 Å². The quantitative estimate of drug-likeness (QED) is 0.457. The van der Waals surface area contributed by atoms with Crippen LogP contribution in [0.5, 0.6) is 0 Å². The van der Waals surface area contributed by atoms with Gasteiger partial charge in [0.2, 0.25) is 11.8 Å². The van der Waals surface area contributed by atoms with Crippen molar-refractivity contribution < 1.29 is 14.3 Å². The van der Waals surface area contributed by atoms with E-state index in [1.165, 1.54) is 4.90 Å². The van der Waals surface area contributed by atoms with Gasteiger partial charge >= 0.3 is 0 Å². The molecule has 2 heterocycles. The molecule has 0 aromatic rings. The highest BCUT2D eigenvalue weighted by atomic mass is 16.6. The van der Waals surface area contributed by atoms with Gasteiger partial charge in [0.25, 0.3) is 0 Å². The summed E-state index contributed by atoms with van der Waals surface area (Å²) in [4.78, 5) is 24.1. The van der Waals surface area contributed by atoms with Gasteiger partial charge in [-0.1, -0.05) is 0 Å². The number of imide groups is 1. The minimum Gasteiger partial charge on any atom is -0.368 e. The van der Waals surface area contributed by atoms with Gasteiger partial charge in [-0.05, 0) is 13.8 Å². The van der Waals surface area contributed by atoms with Gasteiger partial charge in [-0.15, -0.1) is 0 Å². The minimum absolute atomic E-state index is 0.0609. The highest BCUT2D eigenvalue weighted by Gasteiger charge is 2.51. The van der Waals surface area contributed by atoms with Crippen LogP contribution in [0.25, 0.3) is 0 Å². The van der Waals surface area contributed by atoms with Crippen LogP contribution in [-0.4, -0.2) is 35.0 Å². The van der Waals surface area contributed by atoms with Gasteiger partial charge in [0, 0.05) is 12.8 Å². The Hall–Kier alpha value is -0.900. The molecular formula is C9H13NO3. The molecule has 2 fully saturated rings. The van der Waals surface area contributed by atoms with Crippen molar-refractivity contribution in [2.45, 2.75) is 38.3 Å². The van der Waals surface area contributed by atoms with Crippen molar-refractivity contribution in [1.29, 1.82) is 0 Å². The minimum atomic E-state index is -0.282. The molecule has 2 saturated heterocycles. The second kappa shape index (κ2) is 2.54. The molecule has 0 aromatic heterocycles. The van der Waals surface area contributed by atoms with Crippen LogP contribution < -0.4 is 0 Å². The van der Waals surface area contributed by atoms with Crippen molar-refractivity contribution in [2.24, 2.45) is 0 Å². The summed E-state index contributed by atoms with van der Waals surface area (Å²) < 4.78 is 5.22.